The van der Waals surface area contributed by atoms with Crippen LogP contribution in [0.25, 0.3) is 0 Å². The summed E-state index contributed by atoms with van der Waals surface area (Å²) in [5.74, 6) is 0. The van der Waals surface area contributed by atoms with Gasteiger partial charge >= 0.3 is 0 Å². The van der Waals surface area contributed by atoms with Crippen LogP contribution < -0.4 is 20.7 Å². The van der Waals surface area contributed by atoms with Gasteiger partial charge in [0.05, 0.1) is 4.90 Å². The number of hydrogen-bond donors (Lipinski definition) is 0. The summed E-state index contributed by atoms with van der Waals surface area (Å²) in [7, 11) is -3.81. The maximum atomic E-state index is 15.0. The zero-order chi connectivity index (χ0) is 40.1. The van der Waals surface area contributed by atoms with E-state index in [0.29, 0.717) is 4.90 Å². The van der Waals surface area contributed by atoms with Crippen LogP contribution in [0.5, 0.6) is 0 Å². The molecule has 0 unspecified atom stereocenters. The minimum atomic E-state index is -3.81. The Kier molecular flexibility index (Phi) is 14.8. The van der Waals surface area contributed by atoms with Gasteiger partial charge < -0.3 is 3.87 Å². The predicted molar refractivity (Wildman–Crippen MR) is 242 cm³/mol. The molecule has 0 aliphatic carbocycles. The summed E-state index contributed by atoms with van der Waals surface area (Å²) < 4.78 is 22.7. The monoisotopic (exact) mass is 794 g/mol. The van der Waals surface area contributed by atoms with Crippen LogP contribution in [0.3, 0.4) is 0 Å². The molecule has 0 fully saturated rings. The Morgan fingerprint density at radius 1 is 0.481 bits per heavy atom. The van der Waals surface area contributed by atoms with E-state index < -0.39 is 25.8 Å². The van der Waals surface area contributed by atoms with Crippen molar-refractivity contribution in [3.05, 3.63) is 146 Å². The summed E-state index contributed by atoms with van der Waals surface area (Å²) in [5.41, 5.74) is 13.9. The van der Waals surface area contributed by atoms with Gasteiger partial charge in [0.15, 0.2) is 11.1 Å². The van der Waals surface area contributed by atoms with Gasteiger partial charge in [-0.2, -0.15) is 11.1 Å². The van der Waals surface area contributed by atoms with Crippen molar-refractivity contribution in [2.24, 2.45) is 0 Å². The molecule has 5 aromatic carbocycles. The predicted octanol–water partition coefficient (Wildman–Crippen LogP) is 10.9. The Hall–Kier alpha value is -3.07. The number of unbranched alkanes of at least 4 members (excludes halogenated alkanes) is 3. The first-order chi connectivity index (χ1) is 25.4. The number of hydrogen-bond acceptors (Lipinski definition) is 2. The van der Waals surface area contributed by atoms with Crippen LogP contribution in [0.4, 0.5) is 0 Å². The Labute approximate surface area is 337 Å². The van der Waals surface area contributed by atoms with Gasteiger partial charge in [-0.25, -0.2) is 4.21 Å². The van der Waals surface area contributed by atoms with Crippen molar-refractivity contribution in [3.63, 3.8) is 0 Å². The van der Waals surface area contributed by atoms with E-state index in [2.05, 4.69) is 145 Å². The standard InChI is InChI=1S/C42H49ClO2SSi2.C6H14/c1-26-18-30(5)39(31(6)19-26)47(43,40-32(7)20-27(2)21-33(40)8)48(41-34(9)22-28(3)23-35(41)10,42-36(11)24-29(4)25-37(42)12)45-46(44)38-16-14-13-15-17-38;1-3-5-6-4-2/h13-25H,1-12H3;3-6H2,1-2H3/t46-;/m1./s1. The van der Waals surface area contributed by atoms with Gasteiger partial charge in [-0.05, 0) is 160 Å². The summed E-state index contributed by atoms with van der Waals surface area (Å²) >= 11 is 7.23. The SMILES string of the molecule is CCCCCC.Cc1cc(C)c([Si](Cl)(c2c(C)cc(C)cc2C)[Si](O[S@@](=O)c2ccccc2)(c2c(C)cc(C)cc2C)c2c(C)cc(C)cc2C)c(C)c1. The zero-order valence-corrected chi connectivity index (χ0v) is 39.0. The lowest BCUT2D eigenvalue weighted by atomic mass is 10.1. The third-order valence-electron chi connectivity index (χ3n) is 10.7. The smallest absolute Gasteiger partial charge is 0.290 e. The molecule has 0 saturated heterocycles. The van der Waals surface area contributed by atoms with Crippen LogP contribution in [-0.4, -0.2) is 18.9 Å². The van der Waals surface area contributed by atoms with Crippen LogP contribution >= 0.6 is 11.1 Å². The van der Waals surface area contributed by atoms with E-state index >= 15 is 4.21 Å². The molecule has 2 nitrogen and oxygen atoms in total. The maximum Gasteiger partial charge on any atom is 0.290 e. The number of aryl methyl sites for hydroxylation is 12. The number of benzene rings is 5. The molecule has 0 aromatic heterocycles. The maximum absolute atomic E-state index is 15.0. The van der Waals surface area contributed by atoms with Gasteiger partial charge in [0.2, 0.25) is 6.90 Å². The van der Waals surface area contributed by atoms with Crippen LogP contribution in [0.1, 0.15) is 106 Å². The van der Waals surface area contributed by atoms with Gasteiger partial charge in [-0.1, -0.05) is 129 Å². The zero-order valence-electron chi connectivity index (χ0n) is 35.4. The molecule has 0 amide bonds. The minimum Gasteiger partial charge on any atom is -0.321 e. The summed E-state index contributed by atoms with van der Waals surface area (Å²) in [6.07, 6.45) is 5.54. The molecule has 0 aliphatic heterocycles. The van der Waals surface area contributed by atoms with E-state index in [1.807, 2.05) is 30.3 Å². The normalized spacial score (nSPS) is 12.4. The summed E-state index contributed by atoms with van der Waals surface area (Å²) in [6.45, 7) is 27.0. The molecule has 0 bridgehead atoms. The number of halogens is 1. The van der Waals surface area contributed by atoms with E-state index in [-0.39, 0.29) is 0 Å². The quantitative estimate of drug-likeness (QED) is 0.0756. The van der Waals surface area contributed by atoms with Crippen molar-refractivity contribution in [1.82, 2.24) is 0 Å². The molecular formula is C48H63ClO2SSi2. The highest BCUT2D eigenvalue weighted by Crippen LogP contribution is 2.35. The highest BCUT2D eigenvalue weighted by Gasteiger charge is 2.66. The molecule has 1 atom stereocenters. The largest absolute Gasteiger partial charge is 0.321 e. The van der Waals surface area contributed by atoms with Crippen LogP contribution in [0, 0.1) is 83.1 Å². The Morgan fingerprint density at radius 2 is 0.759 bits per heavy atom. The molecule has 0 saturated carbocycles. The molecule has 0 heterocycles. The highest BCUT2D eigenvalue weighted by molar-refractivity contribution is 7.85. The molecule has 0 aliphatic rings. The van der Waals surface area contributed by atoms with E-state index in [1.54, 1.807) is 0 Å². The summed E-state index contributed by atoms with van der Waals surface area (Å²) in [4.78, 5) is 0.641. The fraction of sp³-hybridized carbons (Fsp3) is 0.375. The first kappa shape index (κ1) is 43.7. The highest BCUT2D eigenvalue weighted by atomic mass is 35.6. The topological polar surface area (TPSA) is 26.3 Å². The van der Waals surface area contributed by atoms with Crippen molar-refractivity contribution >= 4 is 57.6 Å². The third kappa shape index (κ3) is 8.66. The lowest BCUT2D eigenvalue weighted by molar-refractivity contribution is 0.577. The summed E-state index contributed by atoms with van der Waals surface area (Å²) in [5, 5.41) is 4.60. The molecule has 0 N–H and O–H groups in total. The van der Waals surface area contributed by atoms with Gasteiger partial charge in [0.25, 0.3) is 7.83 Å². The Balaban J connectivity index is 0.000001000. The second-order valence-electron chi connectivity index (χ2n) is 15.8. The Bertz CT molecular complexity index is 1930. The molecule has 0 radical (unpaired) electrons. The van der Waals surface area contributed by atoms with Gasteiger partial charge in [-0.3, -0.25) is 0 Å². The first-order valence-electron chi connectivity index (χ1n) is 19.6. The fourth-order valence-corrected chi connectivity index (χ4v) is 33.8. The van der Waals surface area contributed by atoms with E-state index in [1.165, 1.54) is 58.3 Å². The van der Waals surface area contributed by atoms with Crippen molar-refractivity contribution in [3.8, 4) is 0 Å². The lowest BCUT2D eigenvalue weighted by Crippen LogP contribution is -2.87. The molecule has 54 heavy (non-hydrogen) atoms. The van der Waals surface area contributed by atoms with Crippen LogP contribution in [0.2, 0.25) is 0 Å². The number of rotatable bonds is 11. The molecular weight excluding hydrogens is 732 g/mol. The molecule has 288 valence electrons. The van der Waals surface area contributed by atoms with E-state index in [9.17, 15) is 0 Å². The van der Waals surface area contributed by atoms with Gasteiger partial charge in [0.1, 0.15) is 0 Å². The van der Waals surface area contributed by atoms with Crippen molar-refractivity contribution in [1.29, 1.82) is 0 Å². The van der Waals surface area contributed by atoms with Gasteiger partial charge in [0, 0.05) is 0 Å². The van der Waals surface area contributed by atoms with Gasteiger partial charge in [-0.15, -0.1) is 0 Å². The molecule has 6 heteroatoms. The van der Waals surface area contributed by atoms with E-state index in [4.69, 9.17) is 15.0 Å². The second kappa shape index (κ2) is 18.3. The van der Waals surface area contributed by atoms with Crippen molar-refractivity contribution < 1.29 is 8.08 Å². The molecule has 5 aromatic rings. The van der Waals surface area contributed by atoms with Crippen LogP contribution in [-0.2, 0) is 15.0 Å². The lowest BCUT2D eigenvalue weighted by Gasteiger charge is -2.48. The second-order valence-corrected chi connectivity index (χ2v) is 29.1. The fourth-order valence-electron chi connectivity index (χ4n) is 9.20. The third-order valence-corrected chi connectivity index (χ3v) is 30.0. The van der Waals surface area contributed by atoms with Crippen molar-refractivity contribution in [2.45, 2.75) is 128 Å². The summed E-state index contributed by atoms with van der Waals surface area (Å²) in [6, 6.07) is 27.7. The average molecular weight is 796 g/mol. The first-order valence-corrected chi connectivity index (χ1v) is 26.6. The molecule has 5 rings (SSSR count). The average Bonchev–Trinajstić information content (AvgIpc) is 3.06. The van der Waals surface area contributed by atoms with Crippen molar-refractivity contribution in [2.75, 3.05) is 0 Å². The van der Waals surface area contributed by atoms with E-state index in [0.717, 1.165) is 54.9 Å². The molecule has 0 spiro atoms. The Morgan fingerprint density at radius 3 is 1.04 bits per heavy atom. The minimum absolute atomic E-state index is 0.641. The van der Waals surface area contributed by atoms with Crippen LogP contribution in [0.15, 0.2) is 83.8 Å².